The van der Waals surface area contributed by atoms with Crippen molar-refractivity contribution in [2.24, 2.45) is 0 Å². The van der Waals surface area contributed by atoms with Crippen molar-refractivity contribution in [2.45, 2.75) is 58.6 Å². The van der Waals surface area contributed by atoms with Gasteiger partial charge in [-0.15, -0.1) is 0 Å². The number of rotatable bonds is 3. The van der Waals surface area contributed by atoms with Gasteiger partial charge in [-0.05, 0) is 40.0 Å². The molecule has 0 radical (unpaired) electrons. The molecule has 1 atom stereocenters. The summed E-state index contributed by atoms with van der Waals surface area (Å²) in [5.74, 6) is 0.788. The minimum Gasteiger partial charge on any atom is -0.444 e. The minimum atomic E-state index is -0.492. The molecule has 2 aromatic rings. The number of aromatic nitrogens is 3. The van der Waals surface area contributed by atoms with Crippen LogP contribution < -0.4 is 5.32 Å². The first-order valence-corrected chi connectivity index (χ1v) is 9.42. The summed E-state index contributed by atoms with van der Waals surface area (Å²) < 4.78 is 7.27. The van der Waals surface area contributed by atoms with E-state index in [1.807, 2.05) is 27.0 Å². The highest BCUT2D eigenvalue weighted by Crippen LogP contribution is 2.22. The van der Waals surface area contributed by atoms with Gasteiger partial charge in [-0.2, -0.15) is 9.61 Å². The quantitative estimate of drug-likeness (QED) is 0.822. The first-order valence-electron chi connectivity index (χ1n) is 9.04. The number of hydrogen-bond acceptors (Lipinski definition) is 5. The molecule has 7 nitrogen and oxygen atoms in total. The van der Waals surface area contributed by atoms with Crippen molar-refractivity contribution in [2.75, 3.05) is 18.4 Å². The highest BCUT2D eigenvalue weighted by molar-refractivity contribution is 6.29. The maximum atomic E-state index is 12.3. The molecule has 1 amide bonds. The van der Waals surface area contributed by atoms with E-state index in [4.69, 9.17) is 16.3 Å². The zero-order valence-electron chi connectivity index (χ0n) is 15.8. The molecule has 0 saturated carbocycles. The molecule has 142 valence electrons. The van der Waals surface area contributed by atoms with Crippen molar-refractivity contribution in [1.82, 2.24) is 19.5 Å². The lowest BCUT2D eigenvalue weighted by Crippen LogP contribution is -2.47. The van der Waals surface area contributed by atoms with Crippen LogP contribution in [0.5, 0.6) is 0 Å². The molecule has 0 spiro atoms. The summed E-state index contributed by atoms with van der Waals surface area (Å²) in [6, 6.07) is 1.88. The van der Waals surface area contributed by atoms with Gasteiger partial charge in [-0.3, -0.25) is 0 Å². The second-order valence-corrected chi connectivity index (χ2v) is 8.02. The number of nitrogens with zero attached hydrogens (tertiary/aromatic N) is 4. The van der Waals surface area contributed by atoms with Gasteiger partial charge in [-0.25, -0.2) is 9.78 Å². The van der Waals surface area contributed by atoms with Crippen molar-refractivity contribution < 1.29 is 9.53 Å². The van der Waals surface area contributed by atoms with E-state index in [2.05, 4.69) is 22.3 Å². The van der Waals surface area contributed by atoms with Crippen LogP contribution >= 0.6 is 11.6 Å². The molecule has 1 aliphatic rings. The molecule has 0 aliphatic carbocycles. The van der Waals surface area contributed by atoms with Gasteiger partial charge in [0.25, 0.3) is 0 Å². The topological polar surface area (TPSA) is 71.8 Å². The Labute approximate surface area is 158 Å². The SMILES string of the molecule is CCc1cnn2c(N[C@H]3CCCN(C(=O)OC(C)(C)C)C3)cc(Cl)nc12. The van der Waals surface area contributed by atoms with Gasteiger partial charge < -0.3 is 15.0 Å². The van der Waals surface area contributed by atoms with Gasteiger partial charge in [0.2, 0.25) is 0 Å². The van der Waals surface area contributed by atoms with E-state index >= 15 is 0 Å². The highest BCUT2D eigenvalue weighted by Gasteiger charge is 2.28. The molecular formula is C18H26ClN5O2. The number of halogens is 1. The average Bonchev–Trinajstić information content (AvgIpc) is 2.96. The number of hydrogen-bond donors (Lipinski definition) is 1. The van der Waals surface area contributed by atoms with Crippen LogP contribution in [0, 0.1) is 0 Å². The van der Waals surface area contributed by atoms with Gasteiger partial charge in [-0.1, -0.05) is 18.5 Å². The molecule has 2 aromatic heterocycles. The molecule has 3 rings (SSSR count). The summed E-state index contributed by atoms with van der Waals surface area (Å²) in [5.41, 5.74) is 1.32. The van der Waals surface area contributed by atoms with Crippen LogP contribution in [-0.2, 0) is 11.2 Å². The first kappa shape index (κ1) is 18.8. The molecule has 0 unspecified atom stereocenters. The van der Waals surface area contributed by atoms with Crippen molar-refractivity contribution in [3.63, 3.8) is 0 Å². The molecule has 3 heterocycles. The van der Waals surface area contributed by atoms with Crippen molar-refractivity contribution in [1.29, 1.82) is 0 Å². The second kappa shape index (κ2) is 7.31. The van der Waals surface area contributed by atoms with Crippen LogP contribution in [0.4, 0.5) is 10.6 Å². The maximum Gasteiger partial charge on any atom is 0.410 e. The third kappa shape index (κ3) is 4.20. The molecular weight excluding hydrogens is 354 g/mol. The van der Waals surface area contributed by atoms with Crippen molar-refractivity contribution >= 4 is 29.2 Å². The standard InChI is InChI=1S/C18H26ClN5O2/c1-5-12-10-20-24-15(9-14(19)22-16(12)24)21-13-7-6-8-23(11-13)17(25)26-18(2,3)4/h9-10,13,21H,5-8,11H2,1-4H3/t13-/m0/s1. The number of carbonyl (C=O) groups is 1. The number of aryl methyl sites for hydroxylation is 1. The third-order valence-corrected chi connectivity index (χ3v) is 4.51. The molecule has 8 heteroatoms. The molecule has 1 N–H and O–H groups in total. The van der Waals surface area contributed by atoms with E-state index in [1.165, 1.54) is 0 Å². The van der Waals surface area contributed by atoms with Crippen LogP contribution in [0.15, 0.2) is 12.3 Å². The third-order valence-electron chi connectivity index (χ3n) is 4.32. The number of likely N-dealkylation sites (tertiary alicyclic amines) is 1. The predicted octanol–water partition coefficient (Wildman–Crippen LogP) is 3.76. The van der Waals surface area contributed by atoms with E-state index < -0.39 is 5.60 Å². The van der Waals surface area contributed by atoms with E-state index in [9.17, 15) is 4.79 Å². The molecule has 0 bridgehead atoms. The molecule has 26 heavy (non-hydrogen) atoms. The number of anilines is 1. The normalized spacial score (nSPS) is 18.2. The number of ether oxygens (including phenoxy) is 1. The van der Waals surface area contributed by atoms with Gasteiger partial charge >= 0.3 is 6.09 Å². The zero-order chi connectivity index (χ0) is 18.9. The summed E-state index contributed by atoms with van der Waals surface area (Å²) in [6.45, 7) is 8.99. The lowest BCUT2D eigenvalue weighted by Gasteiger charge is -2.34. The fourth-order valence-electron chi connectivity index (χ4n) is 3.13. The van der Waals surface area contributed by atoms with Crippen LogP contribution in [0.2, 0.25) is 5.15 Å². The Hall–Kier alpha value is -2.02. The smallest absolute Gasteiger partial charge is 0.410 e. The minimum absolute atomic E-state index is 0.104. The maximum absolute atomic E-state index is 12.3. The largest absolute Gasteiger partial charge is 0.444 e. The summed E-state index contributed by atoms with van der Waals surface area (Å²) in [6.07, 6.45) is 4.26. The Kier molecular flexibility index (Phi) is 5.27. The van der Waals surface area contributed by atoms with E-state index in [1.54, 1.807) is 15.5 Å². The summed E-state index contributed by atoms with van der Waals surface area (Å²) in [7, 11) is 0. The van der Waals surface area contributed by atoms with Gasteiger partial charge in [0.15, 0.2) is 5.65 Å². The lowest BCUT2D eigenvalue weighted by atomic mass is 10.1. The Balaban J connectivity index is 1.76. The number of amides is 1. The number of fused-ring (bicyclic) bond motifs is 1. The average molecular weight is 380 g/mol. The number of nitrogens with one attached hydrogen (secondary N) is 1. The number of carbonyl (C=O) groups excluding carboxylic acids is 1. The zero-order valence-corrected chi connectivity index (χ0v) is 16.5. The molecule has 1 saturated heterocycles. The lowest BCUT2D eigenvalue weighted by molar-refractivity contribution is 0.0206. The summed E-state index contributed by atoms with van der Waals surface area (Å²) in [4.78, 5) is 18.5. The first-order chi connectivity index (χ1) is 12.3. The Bertz CT molecular complexity index is 799. The fraction of sp³-hybridized carbons (Fsp3) is 0.611. The van der Waals surface area contributed by atoms with Crippen molar-refractivity contribution in [3.05, 3.63) is 23.0 Å². The molecule has 1 fully saturated rings. The summed E-state index contributed by atoms with van der Waals surface area (Å²) in [5, 5.41) is 8.33. The van der Waals surface area contributed by atoms with Crippen LogP contribution in [0.25, 0.3) is 5.65 Å². The Morgan fingerprint density at radius 1 is 1.46 bits per heavy atom. The van der Waals surface area contributed by atoms with Crippen LogP contribution in [-0.4, -0.2) is 50.3 Å². The molecule has 1 aliphatic heterocycles. The monoisotopic (exact) mass is 379 g/mol. The van der Waals surface area contributed by atoms with E-state index in [0.29, 0.717) is 18.2 Å². The predicted molar refractivity (Wildman–Crippen MR) is 102 cm³/mol. The fourth-order valence-corrected chi connectivity index (χ4v) is 3.31. The van der Waals surface area contributed by atoms with Gasteiger partial charge in [0.05, 0.1) is 6.20 Å². The van der Waals surface area contributed by atoms with Crippen molar-refractivity contribution in [3.8, 4) is 0 Å². The Morgan fingerprint density at radius 3 is 2.92 bits per heavy atom. The molecule has 0 aromatic carbocycles. The van der Waals surface area contributed by atoms with Crippen LogP contribution in [0.1, 0.15) is 46.1 Å². The Morgan fingerprint density at radius 2 is 2.23 bits per heavy atom. The highest BCUT2D eigenvalue weighted by atomic mass is 35.5. The summed E-state index contributed by atoms with van der Waals surface area (Å²) >= 11 is 6.20. The van der Waals surface area contributed by atoms with Gasteiger partial charge in [0, 0.05) is 30.8 Å². The van der Waals surface area contributed by atoms with Crippen LogP contribution in [0.3, 0.4) is 0 Å². The van der Waals surface area contributed by atoms with E-state index in [-0.39, 0.29) is 12.1 Å². The second-order valence-electron chi connectivity index (χ2n) is 7.63. The number of piperidine rings is 1. The van der Waals surface area contributed by atoms with Gasteiger partial charge in [0.1, 0.15) is 16.6 Å². The van der Waals surface area contributed by atoms with E-state index in [0.717, 1.165) is 36.3 Å².